The van der Waals surface area contributed by atoms with Crippen LogP contribution in [0.15, 0.2) is 42.7 Å². The zero-order valence-electron chi connectivity index (χ0n) is 10.8. The van der Waals surface area contributed by atoms with Crippen molar-refractivity contribution in [1.82, 2.24) is 9.97 Å². The van der Waals surface area contributed by atoms with E-state index in [1.807, 2.05) is 24.3 Å². The summed E-state index contributed by atoms with van der Waals surface area (Å²) in [6.45, 7) is 1.02. The molecule has 0 amide bonds. The Morgan fingerprint density at radius 2 is 1.84 bits per heavy atom. The van der Waals surface area contributed by atoms with Crippen molar-refractivity contribution >= 4 is 0 Å². The van der Waals surface area contributed by atoms with Crippen LogP contribution in [0.4, 0.5) is 0 Å². The lowest BCUT2D eigenvalue weighted by Gasteiger charge is -2.15. The molecule has 0 radical (unpaired) electrons. The summed E-state index contributed by atoms with van der Waals surface area (Å²) >= 11 is 0. The molecule has 5 nitrogen and oxygen atoms in total. The van der Waals surface area contributed by atoms with E-state index in [1.54, 1.807) is 25.6 Å². The predicted molar refractivity (Wildman–Crippen MR) is 71.9 cm³/mol. The van der Waals surface area contributed by atoms with E-state index < -0.39 is 6.04 Å². The highest BCUT2D eigenvalue weighted by Crippen LogP contribution is 2.26. The van der Waals surface area contributed by atoms with Gasteiger partial charge in [0.25, 0.3) is 0 Å². The van der Waals surface area contributed by atoms with Crippen LogP contribution in [0.5, 0.6) is 5.75 Å². The van der Waals surface area contributed by atoms with Gasteiger partial charge in [0.1, 0.15) is 18.2 Å². The Labute approximate surface area is 112 Å². The maximum Gasteiger partial charge on any atom is 0.149 e. The first-order chi connectivity index (χ1) is 9.33. The van der Waals surface area contributed by atoms with Crippen LogP contribution in [0.3, 0.4) is 0 Å². The van der Waals surface area contributed by atoms with E-state index in [-0.39, 0.29) is 0 Å². The Hall–Kier alpha value is -1.98. The summed E-state index contributed by atoms with van der Waals surface area (Å²) in [5, 5.41) is 0. The van der Waals surface area contributed by atoms with E-state index in [2.05, 4.69) is 9.97 Å². The average molecular weight is 259 g/mol. The van der Waals surface area contributed by atoms with Crippen LogP contribution in [0, 0.1) is 0 Å². The fourth-order valence-electron chi connectivity index (χ4n) is 1.71. The smallest absolute Gasteiger partial charge is 0.149 e. The Morgan fingerprint density at radius 3 is 2.58 bits per heavy atom. The number of benzene rings is 1. The van der Waals surface area contributed by atoms with Gasteiger partial charge in [-0.25, -0.2) is 9.97 Å². The summed E-state index contributed by atoms with van der Waals surface area (Å²) in [4.78, 5) is 8.35. The molecule has 1 heterocycles. The summed E-state index contributed by atoms with van der Waals surface area (Å²) in [5.74, 6) is 1.31. The number of nitrogens with two attached hydrogens (primary N) is 1. The second-order valence-corrected chi connectivity index (χ2v) is 3.96. The molecule has 19 heavy (non-hydrogen) atoms. The van der Waals surface area contributed by atoms with Gasteiger partial charge in [-0.05, 0) is 12.1 Å². The van der Waals surface area contributed by atoms with Gasteiger partial charge < -0.3 is 15.2 Å². The van der Waals surface area contributed by atoms with Gasteiger partial charge >= 0.3 is 0 Å². The first-order valence-corrected chi connectivity index (χ1v) is 6.06. The lowest BCUT2D eigenvalue weighted by Crippen LogP contribution is -2.17. The van der Waals surface area contributed by atoms with Gasteiger partial charge in [-0.15, -0.1) is 0 Å². The zero-order chi connectivity index (χ0) is 13.5. The highest BCUT2D eigenvalue weighted by molar-refractivity contribution is 5.38. The van der Waals surface area contributed by atoms with Crippen LogP contribution in [0.25, 0.3) is 0 Å². The van der Waals surface area contributed by atoms with Crippen LogP contribution < -0.4 is 10.5 Å². The number of ether oxygens (including phenoxy) is 2. The number of hydrogen-bond donors (Lipinski definition) is 1. The van der Waals surface area contributed by atoms with Gasteiger partial charge in [0.05, 0.1) is 12.6 Å². The zero-order valence-corrected chi connectivity index (χ0v) is 10.8. The Kier molecular flexibility index (Phi) is 4.83. The fraction of sp³-hybridized carbons (Fsp3) is 0.286. The molecule has 0 aliphatic carbocycles. The number of hydrogen-bond acceptors (Lipinski definition) is 5. The minimum absolute atomic E-state index is 0.403. The third-order valence-corrected chi connectivity index (χ3v) is 2.66. The molecule has 0 saturated carbocycles. The van der Waals surface area contributed by atoms with Gasteiger partial charge in [-0.2, -0.15) is 0 Å². The van der Waals surface area contributed by atoms with Crippen LogP contribution in [-0.4, -0.2) is 30.3 Å². The fourth-order valence-corrected chi connectivity index (χ4v) is 1.71. The van der Waals surface area contributed by atoms with Gasteiger partial charge in [0.2, 0.25) is 0 Å². The Morgan fingerprint density at radius 1 is 1.11 bits per heavy atom. The van der Waals surface area contributed by atoms with Crippen LogP contribution in [0.2, 0.25) is 0 Å². The minimum Gasteiger partial charge on any atom is -0.491 e. The molecular formula is C14H17N3O2. The highest BCUT2D eigenvalue weighted by atomic mass is 16.5. The monoisotopic (exact) mass is 259 g/mol. The summed E-state index contributed by atoms with van der Waals surface area (Å²) in [6, 6.07) is 8.99. The van der Waals surface area contributed by atoms with Crippen molar-refractivity contribution in [3.05, 3.63) is 54.1 Å². The maximum atomic E-state index is 6.19. The standard InChI is InChI=1S/C14H17N3O2/c1-18-9-10-19-12-6-3-2-5-11(12)13(15)14-16-7-4-8-17-14/h2-8,13H,9-10,15H2,1H3. The summed E-state index contributed by atoms with van der Waals surface area (Å²) in [7, 11) is 1.64. The molecular weight excluding hydrogens is 242 g/mol. The molecule has 1 aromatic carbocycles. The van der Waals surface area contributed by atoms with Gasteiger partial charge in [0.15, 0.2) is 0 Å². The molecule has 0 spiro atoms. The number of rotatable bonds is 6. The van der Waals surface area contributed by atoms with Crippen molar-refractivity contribution in [1.29, 1.82) is 0 Å². The minimum atomic E-state index is -0.403. The van der Waals surface area contributed by atoms with E-state index in [0.29, 0.717) is 19.0 Å². The highest BCUT2D eigenvalue weighted by Gasteiger charge is 2.15. The summed E-state index contributed by atoms with van der Waals surface area (Å²) < 4.78 is 10.6. The van der Waals surface area contributed by atoms with Crippen molar-refractivity contribution in [2.24, 2.45) is 5.73 Å². The predicted octanol–water partition coefficient (Wildman–Crippen LogP) is 1.55. The third-order valence-electron chi connectivity index (χ3n) is 2.66. The molecule has 2 N–H and O–H groups in total. The average Bonchev–Trinajstić information content (AvgIpc) is 2.48. The summed E-state index contributed by atoms with van der Waals surface area (Å²) in [5.41, 5.74) is 7.05. The molecule has 1 aromatic heterocycles. The molecule has 2 aromatic rings. The van der Waals surface area contributed by atoms with E-state index in [1.165, 1.54) is 0 Å². The largest absolute Gasteiger partial charge is 0.491 e. The molecule has 0 fully saturated rings. The molecule has 0 bridgehead atoms. The molecule has 0 aliphatic rings. The molecule has 1 unspecified atom stereocenters. The number of methoxy groups -OCH3 is 1. The lowest BCUT2D eigenvalue weighted by molar-refractivity contribution is 0.145. The van der Waals surface area contributed by atoms with Gasteiger partial charge in [0, 0.05) is 25.1 Å². The van der Waals surface area contributed by atoms with Crippen LogP contribution >= 0.6 is 0 Å². The van der Waals surface area contributed by atoms with Crippen molar-refractivity contribution in [2.75, 3.05) is 20.3 Å². The molecule has 100 valence electrons. The topological polar surface area (TPSA) is 70.3 Å². The second kappa shape index (κ2) is 6.82. The van der Waals surface area contributed by atoms with E-state index >= 15 is 0 Å². The number of para-hydroxylation sites is 1. The molecule has 2 rings (SSSR count). The number of aromatic nitrogens is 2. The van der Waals surface area contributed by atoms with Gasteiger partial charge in [-0.1, -0.05) is 18.2 Å². The molecule has 1 atom stereocenters. The summed E-state index contributed by atoms with van der Waals surface area (Å²) in [6.07, 6.45) is 3.35. The van der Waals surface area contributed by atoms with Crippen LogP contribution in [-0.2, 0) is 4.74 Å². The third kappa shape index (κ3) is 3.49. The van der Waals surface area contributed by atoms with Gasteiger partial charge in [-0.3, -0.25) is 0 Å². The maximum absolute atomic E-state index is 6.19. The Balaban J connectivity index is 2.19. The van der Waals surface area contributed by atoms with E-state index in [4.69, 9.17) is 15.2 Å². The lowest BCUT2D eigenvalue weighted by atomic mass is 10.1. The SMILES string of the molecule is COCCOc1ccccc1C(N)c1ncccn1. The first kappa shape index (κ1) is 13.5. The second-order valence-electron chi connectivity index (χ2n) is 3.96. The molecule has 0 saturated heterocycles. The van der Waals surface area contributed by atoms with Crippen molar-refractivity contribution < 1.29 is 9.47 Å². The molecule has 5 heteroatoms. The van der Waals surface area contributed by atoms with E-state index in [9.17, 15) is 0 Å². The van der Waals surface area contributed by atoms with Crippen molar-refractivity contribution in [3.8, 4) is 5.75 Å². The van der Waals surface area contributed by atoms with Crippen molar-refractivity contribution in [2.45, 2.75) is 6.04 Å². The number of nitrogens with zero attached hydrogens (tertiary/aromatic N) is 2. The van der Waals surface area contributed by atoms with Crippen LogP contribution in [0.1, 0.15) is 17.4 Å². The molecule has 0 aliphatic heterocycles. The Bertz CT molecular complexity index is 505. The normalized spacial score (nSPS) is 12.1. The quantitative estimate of drug-likeness (QED) is 0.797. The first-order valence-electron chi connectivity index (χ1n) is 6.06. The van der Waals surface area contributed by atoms with E-state index in [0.717, 1.165) is 11.3 Å². The van der Waals surface area contributed by atoms with Crippen molar-refractivity contribution in [3.63, 3.8) is 0 Å².